The van der Waals surface area contributed by atoms with Gasteiger partial charge in [-0.15, -0.1) is 0 Å². The van der Waals surface area contributed by atoms with Crippen molar-refractivity contribution in [2.75, 3.05) is 0 Å². The van der Waals surface area contributed by atoms with Gasteiger partial charge in [0.15, 0.2) is 0 Å². The van der Waals surface area contributed by atoms with Gasteiger partial charge in [-0.05, 0) is 47.2 Å². The van der Waals surface area contributed by atoms with E-state index < -0.39 is 35.6 Å². The second kappa shape index (κ2) is 9.29. The minimum absolute atomic E-state index is 0.0537. The molecular weight excluding hydrogens is 474 g/mol. The molecule has 0 amide bonds. The van der Waals surface area contributed by atoms with Crippen LogP contribution >= 0.6 is 0 Å². The van der Waals surface area contributed by atoms with E-state index in [2.05, 4.69) is 25.2 Å². The van der Waals surface area contributed by atoms with Gasteiger partial charge in [-0.3, -0.25) is 0 Å². The lowest BCUT2D eigenvalue weighted by atomic mass is 9.87. The highest BCUT2D eigenvalue weighted by Gasteiger charge is 2.44. The molecule has 2 heterocycles. The van der Waals surface area contributed by atoms with Crippen molar-refractivity contribution in [3.63, 3.8) is 0 Å². The molecule has 0 aliphatic heterocycles. The van der Waals surface area contributed by atoms with E-state index in [1.54, 1.807) is 37.3 Å². The maximum absolute atomic E-state index is 13.1. The summed E-state index contributed by atoms with van der Waals surface area (Å²) < 4.78 is 58.2. The average Bonchev–Trinajstić information content (AvgIpc) is 3.49. The van der Waals surface area contributed by atoms with E-state index in [0.29, 0.717) is 5.56 Å². The van der Waals surface area contributed by atoms with E-state index >= 15 is 0 Å². The summed E-state index contributed by atoms with van der Waals surface area (Å²) in [6.07, 6.45) is -5.94. The monoisotopic (exact) mass is 493 g/mol. The fourth-order valence-electron chi connectivity index (χ4n) is 3.47. The number of halogens is 4. The number of hydrogen-bond donors (Lipinski definition) is 1. The Morgan fingerprint density at radius 3 is 2.34 bits per heavy atom. The standard InChI is InChI=1S/C21H19F4N7O3/c1-14(20(34,11-30-13-26-12-27-30)15-5-3-2-4-6-15)31-19(33)32(29-28-31)16-7-9-17(10-8-16)35-21(24,25)18(22)23/h2-10,12-14,18,34H,11H2,1H3/t14-,20-/m1/s1. The molecule has 4 rings (SSSR count). The minimum Gasteiger partial charge on any atom is -0.428 e. The molecule has 2 atom stereocenters. The zero-order chi connectivity index (χ0) is 25.2. The zero-order valence-electron chi connectivity index (χ0n) is 18.1. The first-order chi connectivity index (χ1) is 16.6. The lowest BCUT2D eigenvalue weighted by Crippen LogP contribution is -2.43. The van der Waals surface area contributed by atoms with E-state index in [9.17, 15) is 27.5 Å². The third kappa shape index (κ3) is 4.77. The molecule has 0 aliphatic carbocycles. The molecule has 0 saturated carbocycles. The molecule has 0 spiro atoms. The molecule has 1 N–H and O–H groups in total. The molecule has 0 aliphatic rings. The van der Waals surface area contributed by atoms with E-state index in [4.69, 9.17) is 0 Å². The Kier molecular flexibility index (Phi) is 6.39. The molecule has 0 bridgehead atoms. The lowest BCUT2D eigenvalue weighted by molar-refractivity contribution is -0.253. The first-order valence-electron chi connectivity index (χ1n) is 10.2. The van der Waals surface area contributed by atoms with Crippen LogP contribution in [0.3, 0.4) is 0 Å². The van der Waals surface area contributed by atoms with Crippen molar-refractivity contribution in [2.45, 2.75) is 37.6 Å². The van der Waals surface area contributed by atoms with Gasteiger partial charge in [-0.25, -0.2) is 14.5 Å². The summed E-state index contributed by atoms with van der Waals surface area (Å²) in [5, 5.41) is 23.4. The average molecular weight is 493 g/mol. The van der Waals surface area contributed by atoms with Crippen LogP contribution in [-0.4, -0.2) is 52.2 Å². The van der Waals surface area contributed by atoms with Crippen molar-refractivity contribution in [2.24, 2.45) is 0 Å². The van der Waals surface area contributed by atoms with Crippen LogP contribution in [-0.2, 0) is 12.1 Å². The molecule has 0 radical (unpaired) electrons. The number of nitrogens with zero attached hydrogens (tertiary/aromatic N) is 7. The fourth-order valence-corrected chi connectivity index (χ4v) is 3.47. The Labute approximate surface area is 195 Å². The van der Waals surface area contributed by atoms with Crippen LogP contribution in [0.15, 0.2) is 72.0 Å². The third-order valence-corrected chi connectivity index (χ3v) is 5.39. The smallest absolute Gasteiger partial charge is 0.428 e. The molecule has 184 valence electrons. The van der Waals surface area contributed by atoms with Gasteiger partial charge in [0, 0.05) is 0 Å². The number of tetrazole rings is 1. The van der Waals surface area contributed by atoms with Crippen LogP contribution in [0.25, 0.3) is 5.69 Å². The van der Waals surface area contributed by atoms with E-state index in [1.807, 2.05) is 0 Å². The summed E-state index contributed by atoms with van der Waals surface area (Å²) in [7, 11) is 0. The molecular formula is C21H19F4N7O3. The highest BCUT2D eigenvalue weighted by atomic mass is 19.3. The van der Waals surface area contributed by atoms with Crippen LogP contribution in [0.5, 0.6) is 5.75 Å². The predicted molar refractivity (Wildman–Crippen MR) is 112 cm³/mol. The lowest BCUT2D eigenvalue weighted by Gasteiger charge is -2.33. The van der Waals surface area contributed by atoms with Crippen molar-refractivity contribution < 1.29 is 27.4 Å². The molecule has 2 aromatic carbocycles. The summed E-state index contributed by atoms with van der Waals surface area (Å²) in [4.78, 5) is 17.0. The Hall–Kier alpha value is -4.07. The van der Waals surface area contributed by atoms with Crippen LogP contribution in [0.2, 0.25) is 0 Å². The SMILES string of the molecule is C[C@@H](n1nnn(-c2ccc(OC(F)(F)C(F)F)cc2)c1=O)[C@](O)(Cn1cncn1)c1ccccc1. The predicted octanol–water partition coefficient (Wildman–Crippen LogP) is 2.41. The minimum atomic E-state index is -4.66. The van der Waals surface area contributed by atoms with Gasteiger partial charge in [-0.1, -0.05) is 30.3 Å². The third-order valence-electron chi connectivity index (χ3n) is 5.39. The van der Waals surface area contributed by atoms with Crippen molar-refractivity contribution in [1.82, 2.24) is 34.6 Å². The fraction of sp³-hybridized carbons (Fsp3) is 0.286. The van der Waals surface area contributed by atoms with E-state index in [1.165, 1.54) is 29.5 Å². The van der Waals surface area contributed by atoms with Gasteiger partial charge in [0.2, 0.25) is 0 Å². The van der Waals surface area contributed by atoms with Crippen molar-refractivity contribution in [1.29, 1.82) is 0 Å². The first kappa shape index (κ1) is 24.1. The summed E-state index contributed by atoms with van der Waals surface area (Å²) in [5.74, 6) is -0.529. The summed E-state index contributed by atoms with van der Waals surface area (Å²) >= 11 is 0. The number of rotatable bonds is 9. The Balaban J connectivity index is 1.65. The highest BCUT2D eigenvalue weighted by molar-refractivity contribution is 5.36. The normalized spacial score (nSPS) is 14.6. The van der Waals surface area contributed by atoms with Crippen molar-refractivity contribution in [3.8, 4) is 11.4 Å². The van der Waals surface area contributed by atoms with E-state index in [0.717, 1.165) is 21.5 Å². The van der Waals surface area contributed by atoms with Gasteiger partial charge in [-0.2, -0.15) is 32.0 Å². The summed E-state index contributed by atoms with van der Waals surface area (Å²) in [6.45, 7) is 1.52. The Bertz CT molecular complexity index is 1310. The number of benzene rings is 2. The Morgan fingerprint density at radius 2 is 1.74 bits per heavy atom. The number of ether oxygens (including phenoxy) is 1. The van der Waals surface area contributed by atoms with E-state index in [-0.39, 0.29) is 12.2 Å². The number of aliphatic hydroxyl groups is 1. The number of hydrogen-bond acceptors (Lipinski definition) is 7. The molecule has 2 aromatic heterocycles. The van der Waals surface area contributed by atoms with Crippen molar-refractivity contribution in [3.05, 3.63) is 83.3 Å². The molecule has 14 heteroatoms. The van der Waals surface area contributed by atoms with Gasteiger partial charge < -0.3 is 9.84 Å². The zero-order valence-corrected chi connectivity index (χ0v) is 18.1. The number of aromatic nitrogens is 7. The summed E-state index contributed by atoms with van der Waals surface area (Å²) in [6, 6.07) is 12.0. The number of alkyl halides is 4. The van der Waals surface area contributed by atoms with Crippen LogP contribution in [0.4, 0.5) is 17.6 Å². The topological polar surface area (TPSA) is 113 Å². The molecule has 0 unspecified atom stereocenters. The van der Waals surface area contributed by atoms with Gasteiger partial charge in [0.05, 0.1) is 18.3 Å². The molecule has 0 saturated heterocycles. The van der Waals surface area contributed by atoms with Gasteiger partial charge in [0.25, 0.3) is 0 Å². The first-order valence-corrected chi connectivity index (χ1v) is 10.2. The van der Waals surface area contributed by atoms with Gasteiger partial charge >= 0.3 is 18.2 Å². The highest BCUT2D eigenvalue weighted by Crippen LogP contribution is 2.34. The second-order valence-corrected chi connectivity index (χ2v) is 7.64. The van der Waals surface area contributed by atoms with Crippen LogP contribution in [0, 0.1) is 0 Å². The summed E-state index contributed by atoms with van der Waals surface area (Å²) in [5.41, 5.74) is -1.79. The largest absolute Gasteiger partial charge is 0.461 e. The Morgan fingerprint density at radius 1 is 1.06 bits per heavy atom. The molecule has 35 heavy (non-hydrogen) atoms. The van der Waals surface area contributed by atoms with Gasteiger partial charge in [0.1, 0.15) is 24.0 Å². The van der Waals surface area contributed by atoms with Crippen molar-refractivity contribution >= 4 is 0 Å². The quantitative estimate of drug-likeness (QED) is 0.356. The molecule has 4 aromatic rings. The van der Waals surface area contributed by atoms with Crippen LogP contribution < -0.4 is 10.4 Å². The van der Waals surface area contributed by atoms with Crippen LogP contribution in [0.1, 0.15) is 18.5 Å². The molecule has 0 fully saturated rings. The second-order valence-electron chi connectivity index (χ2n) is 7.64. The maximum atomic E-state index is 13.1. The maximum Gasteiger partial charge on any atom is 0.461 e. The molecule has 10 nitrogen and oxygen atoms in total.